The Balaban J connectivity index is 1.72. The van der Waals surface area contributed by atoms with E-state index >= 15 is 0 Å². The van der Waals surface area contributed by atoms with Crippen LogP contribution >= 0.6 is 11.6 Å². The molecule has 0 saturated carbocycles. The number of nitrogens with zero attached hydrogens (tertiary/aromatic N) is 1. The van der Waals surface area contributed by atoms with Crippen LogP contribution in [-0.4, -0.2) is 26.0 Å². The Labute approximate surface area is 200 Å². The number of ether oxygens (including phenoxy) is 1. The number of carbonyl (C=O) groups excluding carboxylic acids is 1. The van der Waals surface area contributed by atoms with Gasteiger partial charge in [0.05, 0.1) is 35.7 Å². The van der Waals surface area contributed by atoms with Gasteiger partial charge >= 0.3 is 11.7 Å². The summed E-state index contributed by atoms with van der Waals surface area (Å²) in [5.41, 5.74) is 2.36. The third kappa shape index (κ3) is 5.16. The zero-order chi connectivity index (χ0) is 24.3. The van der Waals surface area contributed by atoms with Gasteiger partial charge in [-0.1, -0.05) is 35.9 Å². The molecule has 1 N–H and O–H groups in total. The van der Waals surface area contributed by atoms with Crippen molar-refractivity contribution in [3.8, 4) is 0 Å². The molecule has 1 heterocycles. The van der Waals surface area contributed by atoms with Gasteiger partial charge in [0.25, 0.3) is 10.0 Å². The Morgan fingerprint density at radius 1 is 1.03 bits per heavy atom. The minimum Gasteiger partial charge on any atom is -0.466 e. The summed E-state index contributed by atoms with van der Waals surface area (Å²) < 4.78 is 38.7. The Kier molecular flexibility index (Phi) is 6.76. The number of carbonyl (C=O) groups is 1. The van der Waals surface area contributed by atoms with Crippen LogP contribution in [0.15, 0.2) is 80.8 Å². The number of anilines is 1. The fraction of sp³-hybridized carbons (Fsp3) is 0.167. The zero-order valence-electron chi connectivity index (χ0n) is 18.2. The second-order valence-electron chi connectivity index (χ2n) is 7.46. The van der Waals surface area contributed by atoms with E-state index in [4.69, 9.17) is 20.8 Å². The van der Waals surface area contributed by atoms with Crippen LogP contribution in [0.4, 0.5) is 5.69 Å². The lowest BCUT2D eigenvalue weighted by molar-refractivity contribution is -0.142. The first kappa shape index (κ1) is 23.6. The van der Waals surface area contributed by atoms with Crippen molar-refractivity contribution >= 4 is 44.4 Å². The molecule has 0 aliphatic carbocycles. The smallest absolute Gasteiger partial charge is 0.417 e. The number of aromatic nitrogens is 1. The summed E-state index contributed by atoms with van der Waals surface area (Å²) in [6, 6.07) is 17.7. The van der Waals surface area contributed by atoms with Crippen molar-refractivity contribution in [2.75, 3.05) is 10.9 Å². The lowest BCUT2D eigenvalue weighted by Crippen LogP contribution is -2.30. The van der Waals surface area contributed by atoms with Gasteiger partial charge in [0.2, 0.25) is 0 Å². The molecule has 0 bridgehead atoms. The van der Waals surface area contributed by atoms with E-state index in [1.54, 1.807) is 55.5 Å². The summed E-state index contributed by atoms with van der Waals surface area (Å²) in [5, 5.41) is 0.536. The molecule has 0 atom stereocenters. The van der Waals surface area contributed by atoms with Gasteiger partial charge in [-0.3, -0.25) is 14.1 Å². The topological polar surface area (TPSA) is 110 Å². The highest BCUT2D eigenvalue weighted by Gasteiger charge is 2.26. The van der Waals surface area contributed by atoms with E-state index in [0.717, 1.165) is 5.56 Å². The second kappa shape index (κ2) is 9.74. The molecule has 0 radical (unpaired) electrons. The highest BCUT2D eigenvalue weighted by atomic mass is 35.5. The fourth-order valence-corrected chi connectivity index (χ4v) is 5.04. The first-order valence-corrected chi connectivity index (χ1v) is 12.2. The van der Waals surface area contributed by atoms with Crippen LogP contribution in [0.2, 0.25) is 5.02 Å². The van der Waals surface area contributed by atoms with E-state index < -0.39 is 15.8 Å². The molecular formula is C24H21ClN2O6S. The van der Waals surface area contributed by atoms with E-state index in [0.29, 0.717) is 21.8 Å². The molecule has 0 unspecified atom stereocenters. The number of rotatable bonds is 8. The van der Waals surface area contributed by atoms with Crippen LogP contribution < -0.4 is 10.1 Å². The molecule has 3 aromatic carbocycles. The number of hydrogen-bond donors (Lipinski definition) is 1. The summed E-state index contributed by atoms with van der Waals surface area (Å²) >= 11 is 5.98. The first-order chi connectivity index (χ1) is 16.3. The molecule has 4 aromatic rings. The van der Waals surface area contributed by atoms with Crippen molar-refractivity contribution < 1.29 is 22.4 Å². The van der Waals surface area contributed by atoms with Crippen molar-refractivity contribution in [2.24, 2.45) is 0 Å². The third-order valence-corrected chi connectivity index (χ3v) is 7.12. The normalized spacial score (nSPS) is 11.5. The van der Waals surface area contributed by atoms with Crippen LogP contribution in [0.1, 0.15) is 18.1 Å². The predicted octanol–water partition coefficient (Wildman–Crippen LogP) is 4.28. The number of benzene rings is 3. The lowest BCUT2D eigenvalue weighted by Gasteiger charge is -2.25. The van der Waals surface area contributed by atoms with Crippen molar-refractivity contribution in [2.45, 2.75) is 24.8 Å². The highest BCUT2D eigenvalue weighted by Crippen LogP contribution is 2.28. The number of aromatic amines is 1. The van der Waals surface area contributed by atoms with Gasteiger partial charge < -0.3 is 9.15 Å². The maximum Gasteiger partial charge on any atom is 0.417 e. The van der Waals surface area contributed by atoms with Gasteiger partial charge in [-0.2, -0.15) is 0 Å². The van der Waals surface area contributed by atoms with Crippen LogP contribution in [0.3, 0.4) is 0 Å². The molecule has 8 nitrogen and oxygen atoms in total. The average molecular weight is 501 g/mol. The Bertz CT molecular complexity index is 1470. The Morgan fingerprint density at radius 2 is 1.71 bits per heavy atom. The molecule has 0 aliphatic rings. The maximum atomic E-state index is 13.7. The minimum absolute atomic E-state index is 0.0336. The molecule has 0 spiro atoms. The molecular weight excluding hydrogens is 480 g/mol. The molecule has 0 amide bonds. The molecule has 1 aromatic heterocycles. The number of fused-ring (bicyclic) bond motifs is 1. The van der Waals surface area contributed by atoms with Crippen molar-refractivity contribution in [3.05, 3.63) is 93.4 Å². The number of halogens is 1. The lowest BCUT2D eigenvalue weighted by atomic mass is 10.1. The Morgan fingerprint density at radius 3 is 2.38 bits per heavy atom. The number of nitrogens with one attached hydrogen (secondary N) is 1. The number of hydrogen-bond acceptors (Lipinski definition) is 6. The molecule has 0 saturated heterocycles. The molecule has 4 rings (SSSR count). The van der Waals surface area contributed by atoms with Gasteiger partial charge in [0, 0.05) is 11.1 Å². The van der Waals surface area contributed by atoms with E-state index in [1.165, 1.54) is 22.5 Å². The highest BCUT2D eigenvalue weighted by molar-refractivity contribution is 7.92. The largest absolute Gasteiger partial charge is 0.466 e. The monoisotopic (exact) mass is 500 g/mol. The van der Waals surface area contributed by atoms with Crippen molar-refractivity contribution in [3.63, 3.8) is 0 Å². The van der Waals surface area contributed by atoms with Gasteiger partial charge in [0.15, 0.2) is 5.58 Å². The third-order valence-electron chi connectivity index (χ3n) is 5.10. The van der Waals surface area contributed by atoms with Gasteiger partial charge in [0.1, 0.15) is 0 Å². The van der Waals surface area contributed by atoms with Gasteiger partial charge in [-0.05, 0) is 54.4 Å². The average Bonchev–Trinajstić information content (AvgIpc) is 3.18. The molecule has 0 aliphatic heterocycles. The molecule has 34 heavy (non-hydrogen) atoms. The number of H-pyrrole nitrogens is 1. The molecule has 0 fully saturated rings. The number of sulfonamides is 1. The van der Waals surface area contributed by atoms with Crippen molar-refractivity contribution in [1.29, 1.82) is 0 Å². The predicted molar refractivity (Wildman–Crippen MR) is 128 cm³/mol. The summed E-state index contributed by atoms with van der Waals surface area (Å²) in [6.45, 7) is 2.05. The maximum absolute atomic E-state index is 13.7. The standard InChI is InChI=1S/C24H21ClN2O6S/c1-2-32-23(28)13-16-5-9-19(10-6-16)27(15-17-3-7-18(25)8-4-17)34(30,31)20-11-12-21-22(14-20)33-24(29)26-21/h3-12,14H,2,13,15H2,1H3,(H,26,29). The van der Waals surface area contributed by atoms with E-state index in [2.05, 4.69) is 4.98 Å². The first-order valence-electron chi connectivity index (χ1n) is 10.4. The molecule has 176 valence electrons. The van der Waals surface area contributed by atoms with Crippen LogP contribution in [-0.2, 0) is 32.5 Å². The van der Waals surface area contributed by atoms with E-state index in [1.807, 2.05) is 0 Å². The van der Waals surface area contributed by atoms with Crippen LogP contribution in [0.5, 0.6) is 0 Å². The van der Waals surface area contributed by atoms with Crippen molar-refractivity contribution in [1.82, 2.24) is 4.98 Å². The minimum atomic E-state index is -4.06. The second-order valence-corrected chi connectivity index (χ2v) is 9.76. The summed E-state index contributed by atoms with van der Waals surface area (Å²) in [6.07, 6.45) is 0.0846. The van der Waals surface area contributed by atoms with Gasteiger partial charge in [-0.15, -0.1) is 0 Å². The molecule has 10 heteroatoms. The summed E-state index contributed by atoms with van der Waals surface area (Å²) in [5.74, 6) is -1.03. The van der Waals surface area contributed by atoms with Crippen LogP contribution in [0, 0.1) is 0 Å². The van der Waals surface area contributed by atoms with Gasteiger partial charge in [-0.25, -0.2) is 13.2 Å². The Hall–Kier alpha value is -3.56. The van der Waals surface area contributed by atoms with Crippen LogP contribution in [0.25, 0.3) is 11.1 Å². The van der Waals surface area contributed by atoms with E-state index in [-0.39, 0.29) is 36.0 Å². The van der Waals surface area contributed by atoms with E-state index in [9.17, 15) is 18.0 Å². The summed E-state index contributed by atoms with van der Waals surface area (Å²) in [4.78, 5) is 25.7. The summed E-state index contributed by atoms with van der Waals surface area (Å²) in [7, 11) is -4.06. The number of esters is 1. The SMILES string of the molecule is CCOC(=O)Cc1ccc(N(Cc2ccc(Cl)cc2)S(=O)(=O)c2ccc3[nH]c(=O)oc3c2)cc1. The quantitative estimate of drug-likeness (QED) is 0.362. The fourth-order valence-electron chi connectivity index (χ4n) is 3.44. The zero-order valence-corrected chi connectivity index (χ0v) is 19.7. The number of oxazole rings is 1.